The van der Waals surface area contributed by atoms with Gasteiger partial charge in [-0.1, -0.05) is 18.2 Å². The lowest BCUT2D eigenvalue weighted by Crippen LogP contribution is -2.53. The molecular weight excluding hydrogens is 418 g/mol. The number of nitrogens with zero attached hydrogens (tertiary/aromatic N) is 3. The molecule has 2 aromatic rings. The number of rotatable bonds is 3. The molecule has 3 atom stereocenters. The maximum absolute atomic E-state index is 12.6. The molecule has 0 N–H and O–H groups in total. The minimum absolute atomic E-state index is 0.0412. The smallest absolute Gasteiger partial charge is 0.411 e. The molecule has 2 heterocycles. The van der Waals surface area contributed by atoms with Crippen LogP contribution in [0.5, 0.6) is 0 Å². The number of fused-ring (bicyclic) bond motifs is 3. The van der Waals surface area contributed by atoms with Crippen LogP contribution in [0.15, 0.2) is 42.5 Å². The van der Waals surface area contributed by atoms with Gasteiger partial charge in [0.2, 0.25) is 5.91 Å². The number of carbonyl (C=O) groups is 3. The summed E-state index contributed by atoms with van der Waals surface area (Å²) >= 11 is 0. The van der Waals surface area contributed by atoms with Crippen molar-refractivity contribution < 1.29 is 28.8 Å². The number of nitro groups is 1. The molecule has 1 saturated heterocycles. The van der Waals surface area contributed by atoms with Crippen LogP contribution in [0.25, 0.3) is 11.1 Å². The Morgan fingerprint density at radius 3 is 2.44 bits per heavy atom. The molecule has 0 aliphatic carbocycles. The summed E-state index contributed by atoms with van der Waals surface area (Å²) in [6.45, 7) is 1.38. The summed E-state index contributed by atoms with van der Waals surface area (Å²) in [5.74, 6) is -1.30. The molecule has 166 valence electrons. The number of likely N-dealkylation sites (tertiary alicyclic amines) is 1. The van der Waals surface area contributed by atoms with Crippen LogP contribution >= 0.6 is 0 Å². The number of methoxy groups -OCH3 is 2. The highest BCUT2D eigenvalue weighted by Crippen LogP contribution is 2.51. The number of benzene rings is 2. The summed E-state index contributed by atoms with van der Waals surface area (Å²) in [7, 11) is 2.44. The molecule has 2 aliphatic rings. The highest BCUT2D eigenvalue weighted by atomic mass is 16.6. The molecular formula is C22H21N3O7. The quantitative estimate of drug-likeness (QED) is 0.410. The Morgan fingerprint density at radius 2 is 1.81 bits per heavy atom. The summed E-state index contributed by atoms with van der Waals surface area (Å²) < 4.78 is 9.77. The van der Waals surface area contributed by atoms with E-state index in [0.717, 1.165) is 5.56 Å². The highest BCUT2D eigenvalue weighted by Gasteiger charge is 2.56. The Hall–Kier alpha value is -3.95. The second-order valence-corrected chi connectivity index (χ2v) is 7.61. The van der Waals surface area contributed by atoms with E-state index in [1.165, 1.54) is 37.0 Å². The molecule has 32 heavy (non-hydrogen) atoms. The van der Waals surface area contributed by atoms with Crippen molar-refractivity contribution in [1.29, 1.82) is 0 Å². The van der Waals surface area contributed by atoms with Gasteiger partial charge in [0.1, 0.15) is 12.2 Å². The predicted molar refractivity (Wildman–Crippen MR) is 113 cm³/mol. The zero-order valence-corrected chi connectivity index (χ0v) is 17.7. The fourth-order valence-electron chi connectivity index (χ4n) is 4.75. The van der Waals surface area contributed by atoms with Crippen LogP contribution in [0.4, 0.5) is 16.2 Å². The van der Waals surface area contributed by atoms with Gasteiger partial charge in [-0.05, 0) is 35.7 Å². The first-order chi connectivity index (χ1) is 15.3. The zero-order valence-electron chi connectivity index (χ0n) is 17.7. The molecule has 10 heteroatoms. The van der Waals surface area contributed by atoms with Gasteiger partial charge < -0.3 is 9.47 Å². The third-order valence-electron chi connectivity index (χ3n) is 6.02. The van der Waals surface area contributed by atoms with E-state index in [9.17, 15) is 24.5 Å². The number of para-hydroxylation sites is 1. The molecule has 1 fully saturated rings. The topological polar surface area (TPSA) is 119 Å². The van der Waals surface area contributed by atoms with Crippen molar-refractivity contribution >= 4 is 29.3 Å². The van der Waals surface area contributed by atoms with Crippen molar-refractivity contribution in [2.24, 2.45) is 0 Å². The lowest BCUT2D eigenvalue weighted by molar-refractivity contribution is -0.384. The lowest BCUT2D eigenvalue weighted by atomic mass is 9.92. The lowest BCUT2D eigenvalue weighted by Gasteiger charge is -2.33. The second kappa shape index (κ2) is 7.95. The number of anilines is 1. The number of esters is 1. The fraction of sp³-hybridized carbons (Fsp3) is 0.318. The van der Waals surface area contributed by atoms with Crippen molar-refractivity contribution in [3.8, 4) is 11.1 Å². The normalized spacial score (nSPS) is 21.0. The van der Waals surface area contributed by atoms with Crippen LogP contribution in [0, 0.1) is 10.1 Å². The zero-order chi connectivity index (χ0) is 23.2. The first-order valence-corrected chi connectivity index (χ1v) is 9.91. The molecule has 0 bridgehead atoms. The molecule has 2 aliphatic heterocycles. The van der Waals surface area contributed by atoms with Gasteiger partial charge in [-0.25, -0.2) is 9.59 Å². The minimum Gasteiger partial charge on any atom is -0.467 e. The monoisotopic (exact) mass is 439 g/mol. The minimum atomic E-state index is -0.924. The number of nitro benzene ring substituents is 1. The number of ether oxygens (including phenoxy) is 2. The van der Waals surface area contributed by atoms with E-state index >= 15 is 0 Å². The van der Waals surface area contributed by atoms with Crippen LogP contribution in [0.2, 0.25) is 0 Å². The molecule has 2 amide bonds. The Balaban J connectivity index is 1.86. The summed E-state index contributed by atoms with van der Waals surface area (Å²) in [6, 6.07) is 10.7. The Labute approximate surface area is 183 Å². The van der Waals surface area contributed by atoms with Crippen LogP contribution < -0.4 is 4.90 Å². The van der Waals surface area contributed by atoms with Crippen molar-refractivity contribution in [1.82, 2.24) is 4.90 Å². The van der Waals surface area contributed by atoms with Crippen LogP contribution in [0.1, 0.15) is 24.8 Å². The Morgan fingerprint density at radius 1 is 1.09 bits per heavy atom. The van der Waals surface area contributed by atoms with E-state index in [-0.39, 0.29) is 23.9 Å². The molecule has 0 saturated carbocycles. The van der Waals surface area contributed by atoms with Crippen molar-refractivity contribution in [2.75, 3.05) is 19.1 Å². The number of hydrogen-bond donors (Lipinski definition) is 0. The number of hydrogen-bond acceptors (Lipinski definition) is 7. The highest BCUT2D eigenvalue weighted by molar-refractivity contribution is 5.97. The van der Waals surface area contributed by atoms with Crippen molar-refractivity contribution in [3.05, 3.63) is 58.1 Å². The SMILES string of the molecule is COC(=O)[C@@H]1C[C@@H]2c3cc(-c4ccccc4[N+](=O)[O-])ccc3N(C(C)=O)[C@@H]2N1C(=O)OC. The summed E-state index contributed by atoms with van der Waals surface area (Å²) in [6.07, 6.45) is -1.28. The van der Waals surface area contributed by atoms with Gasteiger partial charge in [-0.2, -0.15) is 0 Å². The molecule has 0 spiro atoms. The van der Waals surface area contributed by atoms with Gasteiger partial charge in [-0.3, -0.25) is 24.7 Å². The van der Waals surface area contributed by atoms with E-state index in [4.69, 9.17) is 9.47 Å². The average Bonchev–Trinajstić information content (AvgIpc) is 3.32. The summed E-state index contributed by atoms with van der Waals surface area (Å²) in [5.41, 5.74) is 2.31. The Kier molecular flexibility index (Phi) is 5.29. The van der Waals surface area contributed by atoms with Gasteiger partial charge in [0.05, 0.1) is 24.7 Å². The third-order valence-corrected chi connectivity index (χ3v) is 6.02. The predicted octanol–water partition coefficient (Wildman–Crippen LogP) is 3.05. The van der Waals surface area contributed by atoms with Crippen molar-refractivity contribution in [2.45, 2.75) is 31.5 Å². The van der Waals surface area contributed by atoms with Crippen LogP contribution in [0.3, 0.4) is 0 Å². The Bertz CT molecular complexity index is 1130. The molecule has 0 aromatic heterocycles. The van der Waals surface area contributed by atoms with E-state index in [1.807, 2.05) is 0 Å². The van der Waals surface area contributed by atoms with Crippen LogP contribution in [-0.2, 0) is 19.1 Å². The molecule has 2 aromatic carbocycles. The third kappa shape index (κ3) is 3.15. The van der Waals surface area contributed by atoms with Gasteiger partial charge in [-0.15, -0.1) is 0 Å². The second-order valence-electron chi connectivity index (χ2n) is 7.61. The maximum atomic E-state index is 12.6. The van der Waals surface area contributed by atoms with E-state index in [2.05, 4.69) is 0 Å². The molecule has 0 radical (unpaired) electrons. The van der Waals surface area contributed by atoms with E-state index in [0.29, 0.717) is 16.8 Å². The summed E-state index contributed by atoms with van der Waals surface area (Å²) in [5, 5.41) is 11.5. The average molecular weight is 439 g/mol. The standard InChI is InChI=1S/C22H21N3O7/c1-12(26)23-17-9-8-13(14-6-4-5-7-18(14)25(29)30)10-15(17)16-11-19(21(27)31-2)24(20(16)23)22(28)32-3/h4-10,16,19-20H,11H2,1-3H3/t16-,19+,20-/m1/s1. The largest absolute Gasteiger partial charge is 0.467 e. The molecule has 10 nitrogen and oxygen atoms in total. The maximum Gasteiger partial charge on any atom is 0.411 e. The number of amides is 2. The summed E-state index contributed by atoms with van der Waals surface area (Å²) in [4.78, 5) is 51.4. The first-order valence-electron chi connectivity index (χ1n) is 9.91. The van der Waals surface area contributed by atoms with Gasteiger partial charge >= 0.3 is 12.1 Å². The first kappa shape index (κ1) is 21.3. The molecule has 0 unspecified atom stereocenters. The van der Waals surface area contributed by atoms with Crippen molar-refractivity contribution in [3.63, 3.8) is 0 Å². The molecule has 4 rings (SSSR count). The van der Waals surface area contributed by atoms with E-state index in [1.54, 1.807) is 36.4 Å². The number of carbonyl (C=O) groups excluding carboxylic acids is 3. The van der Waals surface area contributed by atoms with E-state index < -0.39 is 29.2 Å². The van der Waals surface area contributed by atoms with Crippen LogP contribution in [-0.4, -0.2) is 54.2 Å². The fourth-order valence-corrected chi connectivity index (χ4v) is 4.75. The van der Waals surface area contributed by atoms with Gasteiger partial charge in [0.25, 0.3) is 5.69 Å². The van der Waals surface area contributed by atoms with Gasteiger partial charge in [0.15, 0.2) is 0 Å². The van der Waals surface area contributed by atoms with Gasteiger partial charge in [0, 0.05) is 24.6 Å².